The zero-order valence-electron chi connectivity index (χ0n) is 18.7. The van der Waals surface area contributed by atoms with Crippen molar-refractivity contribution in [2.45, 2.75) is 13.5 Å². The SMILES string of the molecule is CCOc1cc(/C=C2/SC(=Nc3ccc(OC)cc3)NC2=O)ccc1OCc1ccccc1F. The lowest BCUT2D eigenvalue weighted by Crippen LogP contribution is -2.19. The molecular weight excluding hydrogens is 455 g/mol. The summed E-state index contributed by atoms with van der Waals surface area (Å²) in [7, 11) is 1.60. The molecule has 0 atom stereocenters. The lowest BCUT2D eigenvalue weighted by molar-refractivity contribution is -0.115. The summed E-state index contributed by atoms with van der Waals surface area (Å²) in [4.78, 5) is 17.4. The van der Waals surface area contributed by atoms with Gasteiger partial charge in [-0.1, -0.05) is 24.3 Å². The maximum absolute atomic E-state index is 13.9. The van der Waals surface area contributed by atoms with Crippen LogP contribution in [0.3, 0.4) is 0 Å². The molecule has 1 amide bonds. The number of methoxy groups -OCH3 is 1. The van der Waals surface area contributed by atoms with Crippen molar-refractivity contribution in [3.63, 3.8) is 0 Å². The number of amides is 1. The van der Waals surface area contributed by atoms with Crippen molar-refractivity contribution < 1.29 is 23.4 Å². The van der Waals surface area contributed by atoms with E-state index in [1.807, 2.05) is 37.3 Å². The van der Waals surface area contributed by atoms with Crippen LogP contribution in [-0.4, -0.2) is 24.8 Å². The predicted octanol–water partition coefficient (Wildman–Crippen LogP) is 5.70. The minimum atomic E-state index is -0.321. The Balaban J connectivity index is 1.50. The molecule has 1 saturated heterocycles. The maximum Gasteiger partial charge on any atom is 0.264 e. The van der Waals surface area contributed by atoms with Crippen LogP contribution in [0.2, 0.25) is 0 Å². The van der Waals surface area contributed by atoms with Crippen LogP contribution in [0, 0.1) is 5.82 Å². The van der Waals surface area contributed by atoms with E-state index in [9.17, 15) is 9.18 Å². The number of amidine groups is 1. The number of benzene rings is 3. The fourth-order valence-corrected chi connectivity index (χ4v) is 4.02. The molecule has 1 aliphatic rings. The molecule has 0 radical (unpaired) electrons. The first kappa shape index (κ1) is 23.4. The Morgan fingerprint density at radius 1 is 1.03 bits per heavy atom. The van der Waals surface area contributed by atoms with Gasteiger partial charge in [0.1, 0.15) is 18.2 Å². The second-order valence-corrected chi connectivity index (χ2v) is 8.23. The van der Waals surface area contributed by atoms with E-state index in [4.69, 9.17) is 14.2 Å². The molecule has 3 aromatic carbocycles. The first-order valence-electron chi connectivity index (χ1n) is 10.6. The lowest BCUT2D eigenvalue weighted by atomic mass is 10.1. The molecule has 0 unspecified atom stereocenters. The van der Waals surface area contributed by atoms with Crippen molar-refractivity contribution in [1.29, 1.82) is 0 Å². The van der Waals surface area contributed by atoms with E-state index < -0.39 is 0 Å². The Kier molecular flexibility index (Phi) is 7.49. The number of halogens is 1. The molecule has 0 bridgehead atoms. The molecule has 6 nitrogen and oxygen atoms in total. The van der Waals surface area contributed by atoms with E-state index in [2.05, 4.69) is 10.3 Å². The average molecular weight is 479 g/mol. The maximum atomic E-state index is 13.9. The molecule has 34 heavy (non-hydrogen) atoms. The van der Waals surface area contributed by atoms with Gasteiger partial charge in [0, 0.05) is 5.56 Å². The third kappa shape index (κ3) is 5.77. The highest BCUT2D eigenvalue weighted by Crippen LogP contribution is 2.33. The topological polar surface area (TPSA) is 69.2 Å². The number of carbonyl (C=O) groups is 1. The van der Waals surface area contributed by atoms with Gasteiger partial charge in [-0.3, -0.25) is 4.79 Å². The smallest absolute Gasteiger partial charge is 0.264 e. The fraction of sp³-hybridized carbons (Fsp3) is 0.154. The minimum Gasteiger partial charge on any atom is -0.497 e. The number of ether oxygens (including phenoxy) is 3. The first-order valence-corrected chi connectivity index (χ1v) is 11.4. The van der Waals surface area contributed by atoms with E-state index in [0.717, 1.165) is 11.3 Å². The van der Waals surface area contributed by atoms with Crippen LogP contribution in [0.5, 0.6) is 17.2 Å². The highest BCUT2D eigenvalue weighted by atomic mass is 32.2. The highest BCUT2D eigenvalue weighted by molar-refractivity contribution is 8.18. The number of hydrogen-bond donors (Lipinski definition) is 1. The van der Waals surface area contributed by atoms with Gasteiger partial charge in [0.2, 0.25) is 0 Å². The average Bonchev–Trinajstić information content (AvgIpc) is 3.18. The van der Waals surface area contributed by atoms with E-state index >= 15 is 0 Å². The summed E-state index contributed by atoms with van der Waals surface area (Å²) < 4.78 is 30.6. The van der Waals surface area contributed by atoms with Crippen molar-refractivity contribution in [3.05, 3.63) is 88.6 Å². The second-order valence-electron chi connectivity index (χ2n) is 7.20. The van der Waals surface area contributed by atoms with Gasteiger partial charge in [0.15, 0.2) is 16.7 Å². The van der Waals surface area contributed by atoms with E-state index in [0.29, 0.717) is 39.4 Å². The Hall–Kier alpha value is -3.78. The molecule has 8 heteroatoms. The minimum absolute atomic E-state index is 0.0800. The quantitative estimate of drug-likeness (QED) is 0.421. The van der Waals surface area contributed by atoms with Gasteiger partial charge in [0.25, 0.3) is 5.91 Å². The predicted molar refractivity (Wildman–Crippen MR) is 132 cm³/mol. The van der Waals surface area contributed by atoms with Crippen molar-refractivity contribution in [1.82, 2.24) is 5.32 Å². The molecule has 3 aromatic rings. The normalized spacial score (nSPS) is 15.4. The summed E-state index contributed by atoms with van der Waals surface area (Å²) in [6.07, 6.45) is 1.76. The van der Waals surface area contributed by atoms with Crippen molar-refractivity contribution in [3.8, 4) is 17.2 Å². The van der Waals surface area contributed by atoms with Crippen LogP contribution in [0.1, 0.15) is 18.1 Å². The van der Waals surface area contributed by atoms with Gasteiger partial charge in [-0.25, -0.2) is 9.38 Å². The standard InChI is InChI=1S/C26H23FN2O4S/c1-3-32-23-14-17(8-13-22(23)33-16-18-6-4-5-7-21(18)27)15-24-25(30)29-26(34-24)28-19-9-11-20(31-2)12-10-19/h4-15H,3,16H2,1-2H3,(H,28,29,30)/b24-15+. The fourth-order valence-electron chi connectivity index (χ4n) is 3.18. The summed E-state index contributed by atoms with van der Waals surface area (Å²) in [5, 5.41) is 3.28. The zero-order valence-corrected chi connectivity index (χ0v) is 19.5. The molecule has 0 aliphatic carbocycles. The first-order chi connectivity index (χ1) is 16.6. The van der Waals surface area contributed by atoms with Gasteiger partial charge in [0.05, 0.1) is 24.3 Å². The Bertz CT molecular complexity index is 1240. The van der Waals surface area contributed by atoms with Crippen LogP contribution in [0.15, 0.2) is 76.6 Å². The third-order valence-corrected chi connectivity index (χ3v) is 5.77. The van der Waals surface area contributed by atoms with Gasteiger partial charge in [-0.05, 0) is 72.8 Å². The Morgan fingerprint density at radius 2 is 1.82 bits per heavy atom. The number of hydrogen-bond acceptors (Lipinski definition) is 6. The van der Waals surface area contributed by atoms with E-state index in [1.54, 1.807) is 43.5 Å². The van der Waals surface area contributed by atoms with Gasteiger partial charge < -0.3 is 19.5 Å². The van der Waals surface area contributed by atoms with Crippen LogP contribution in [-0.2, 0) is 11.4 Å². The zero-order chi connectivity index (χ0) is 23.9. The van der Waals surface area contributed by atoms with E-state index in [-0.39, 0.29) is 18.3 Å². The summed E-state index contributed by atoms with van der Waals surface area (Å²) in [6.45, 7) is 2.38. The molecule has 4 rings (SSSR count). The summed E-state index contributed by atoms with van der Waals surface area (Å²) in [5.74, 6) is 1.20. The van der Waals surface area contributed by atoms with Crippen molar-refractivity contribution in [2.75, 3.05) is 13.7 Å². The van der Waals surface area contributed by atoms with Crippen LogP contribution in [0.25, 0.3) is 6.08 Å². The molecule has 1 fully saturated rings. The molecular formula is C26H23FN2O4S. The third-order valence-electron chi connectivity index (χ3n) is 4.86. The molecule has 1 N–H and O–H groups in total. The Labute approximate surface area is 201 Å². The molecule has 0 spiro atoms. The van der Waals surface area contributed by atoms with Gasteiger partial charge in [-0.2, -0.15) is 0 Å². The molecule has 174 valence electrons. The monoisotopic (exact) mass is 478 g/mol. The molecule has 0 aromatic heterocycles. The molecule has 1 aliphatic heterocycles. The van der Waals surface area contributed by atoms with Crippen molar-refractivity contribution in [2.24, 2.45) is 4.99 Å². The van der Waals surface area contributed by atoms with Crippen LogP contribution < -0.4 is 19.5 Å². The van der Waals surface area contributed by atoms with Crippen LogP contribution in [0.4, 0.5) is 10.1 Å². The summed E-state index contributed by atoms with van der Waals surface area (Å²) in [5.41, 5.74) is 1.93. The second kappa shape index (κ2) is 10.9. The Morgan fingerprint density at radius 3 is 2.56 bits per heavy atom. The summed E-state index contributed by atoms with van der Waals surface area (Å²) >= 11 is 1.26. The molecule has 1 heterocycles. The van der Waals surface area contributed by atoms with Gasteiger partial charge in [-0.15, -0.1) is 0 Å². The lowest BCUT2D eigenvalue weighted by Gasteiger charge is -2.13. The van der Waals surface area contributed by atoms with Crippen LogP contribution >= 0.6 is 11.8 Å². The number of thioether (sulfide) groups is 1. The number of nitrogens with one attached hydrogen (secondary N) is 1. The number of carbonyl (C=O) groups excluding carboxylic acids is 1. The number of aliphatic imine (C=N–C) groups is 1. The molecule has 0 saturated carbocycles. The number of nitrogens with zero attached hydrogens (tertiary/aromatic N) is 1. The highest BCUT2D eigenvalue weighted by Gasteiger charge is 2.24. The van der Waals surface area contributed by atoms with Crippen molar-refractivity contribution >= 4 is 34.6 Å². The number of rotatable bonds is 8. The van der Waals surface area contributed by atoms with Gasteiger partial charge >= 0.3 is 0 Å². The largest absolute Gasteiger partial charge is 0.497 e. The summed E-state index contributed by atoms with van der Waals surface area (Å²) in [6, 6.07) is 19.1. The van der Waals surface area contributed by atoms with E-state index in [1.165, 1.54) is 17.8 Å².